The number of carbonyl (C=O) groups is 1. The molecule has 2 aromatic rings. The summed E-state index contributed by atoms with van der Waals surface area (Å²) in [5.41, 5.74) is 1.67. The fourth-order valence-electron chi connectivity index (χ4n) is 2.03. The smallest absolute Gasteiger partial charge is 0.338 e. The van der Waals surface area contributed by atoms with Crippen LogP contribution in [0.25, 0.3) is 0 Å². The predicted molar refractivity (Wildman–Crippen MR) is 87.6 cm³/mol. The Balaban J connectivity index is 2.16. The summed E-state index contributed by atoms with van der Waals surface area (Å²) >= 11 is 3.07. The highest BCUT2D eigenvalue weighted by atomic mass is 79.9. The molecule has 0 aliphatic carbocycles. The second kappa shape index (κ2) is 7.23. The molecule has 0 bridgehead atoms. The summed E-state index contributed by atoms with van der Waals surface area (Å²) < 4.78 is 10.8. The van der Waals surface area contributed by atoms with Gasteiger partial charge in [-0.3, -0.25) is 10.1 Å². The largest absolute Gasteiger partial charge is 0.496 e. The summed E-state index contributed by atoms with van der Waals surface area (Å²) in [6.07, 6.45) is 0. The molecule has 0 heterocycles. The lowest BCUT2D eigenvalue weighted by molar-refractivity contribution is -0.385. The van der Waals surface area contributed by atoms with E-state index in [-0.39, 0.29) is 17.9 Å². The van der Waals surface area contributed by atoms with Crippen molar-refractivity contribution >= 4 is 27.6 Å². The van der Waals surface area contributed by atoms with Gasteiger partial charge in [-0.2, -0.15) is 0 Å². The second-order valence-corrected chi connectivity index (χ2v) is 5.67. The second-order valence-electron chi connectivity index (χ2n) is 4.81. The van der Waals surface area contributed by atoms with Crippen molar-refractivity contribution in [1.82, 2.24) is 0 Å². The molecule has 0 atom stereocenters. The lowest BCUT2D eigenvalue weighted by Crippen LogP contribution is -2.07. The number of hydrogen-bond donors (Lipinski definition) is 0. The van der Waals surface area contributed by atoms with E-state index in [0.29, 0.717) is 10.2 Å². The quantitative estimate of drug-likeness (QED) is 0.445. The summed E-state index contributed by atoms with van der Waals surface area (Å²) in [4.78, 5) is 22.4. The highest BCUT2D eigenvalue weighted by Crippen LogP contribution is 2.26. The van der Waals surface area contributed by atoms with Crippen LogP contribution in [0, 0.1) is 17.0 Å². The van der Waals surface area contributed by atoms with Crippen molar-refractivity contribution in [2.45, 2.75) is 13.5 Å². The molecule has 6 nitrogen and oxygen atoms in total. The van der Waals surface area contributed by atoms with Crippen molar-refractivity contribution in [3.63, 3.8) is 0 Å². The zero-order valence-electron chi connectivity index (χ0n) is 12.5. The van der Waals surface area contributed by atoms with Crippen LogP contribution in [0.3, 0.4) is 0 Å². The lowest BCUT2D eigenvalue weighted by atomic mass is 10.1. The number of rotatable bonds is 5. The molecule has 0 fully saturated rings. The number of hydrogen-bond acceptors (Lipinski definition) is 5. The highest BCUT2D eigenvalue weighted by molar-refractivity contribution is 9.10. The van der Waals surface area contributed by atoms with Crippen LogP contribution in [-0.2, 0) is 11.3 Å². The highest BCUT2D eigenvalue weighted by Gasteiger charge is 2.17. The van der Waals surface area contributed by atoms with Gasteiger partial charge in [-0.25, -0.2) is 4.79 Å². The van der Waals surface area contributed by atoms with Gasteiger partial charge < -0.3 is 9.47 Å². The van der Waals surface area contributed by atoms with Crippen LogP contribution < -0.4 is 4.74 Å². The number of esters is 1. The molecule has 0 amide bonds. The number of nitro benzene ring substituents is 1. The number of halogens is 1. The molecule has 0 aliphatic rings. The van der Waals surface area contributed by atoms with Gasteiger partial charge in [0.05, 0.1) is 22.1 Å². The maximum atomic E-state index is 12.1. The average molecular weight is 380 g/mol. The van der Waals surface area contributed by atoms with Crippen LogP contribution in [0.1, 0.15) is 21.5 Å². The van der Waals surface area contributed by atoms with Gasteiger partial charge in [0.1, 0.15) is 12.4 Å². The Hall–Kier alpha value is -2.41. The van der Waals surface area contributed by atoms with Crippen LogP contribution in [0.4, 0.5) is 5.69 Å². The number of methoxy groups -OCH3 is 1. The number of ether oxygens (including phenoxy) is 2. The molecule has 0 saturated heterocycles. The molecule has 120 valence electrons. The number of nitrogens with zero attached hydrogens (tertiary/aromatic N) is 1. The van der Waals surface area contributed by atoms with E-state index < -0.39 is 10.9 Å². The third-order valence-corrected chi connectivity index (χ3v) is 3.84. The van der Waals surface area contributed by atoms with Crippen LogP contribution >= 0.6 is 15.9 Å². The van der Waals surface area contributed by atoms with E-state index in [2.05, 4.69) is 15.9 Å². The summed E-state index contributed by atoms with van der Waals surface area (Å²) in [5.74, 6) is -0.0191. The van der Waals surface area contributed by atoms with Crippen molar-refractivity contribution in [3.05, 3.63) is 67.7 Å². The topological polar surface area (TPSA) is 78.7 Å². The zero-order chi connectivity index (χ0) is 17.0. The van der Waals surface area contributed by atoms with Crippen molar-refractivity contribution in [2.75, 3.05) is 7.11 Å². The van der Waals surface area contributed by atoms with Gasteiger partial charge in [0.25, 0.3) is 5.69 Å². The van der Waals surface area contributed by atoms with Gasteiger partial charge >= 0.3 is 5.97 Å². The molecule has 2 rings (SSSR count). The fraction of sp³-hybridized carbons (Fsp3) is 0.188. The van der Waals surface area contributed by atoms with Crippen LogP contribution in [-0.4, -0.2) is 18.0 Å². The zero-order valence-corrected chi connectivity index (χ0v) is 14.1. The minimum absolute atomic E-state index is 0.0214. The van der Waals surface area contributed by atoms with Gasteiger partial charge in [-0.15, -0.1) is 0 Å². The van der Waals surface area contributed by atoms with E-state index in [9.17, 15) is 14.9 Å². The Morgan fingerprint density at radius 2 is 2.00 bits per heavy atom. The molecule has 0 unspecified atom stereocenters. The van der Waals surface area contributed by atoms with Crippen LogP contribution in [0.2, 0.25) is 0 Å². The normalized spacial score (nSPS) is 10.2. The number of nitro groups is 1. The number of aryl methyl sites for hydroxylation is 1. The Morgan fingerprint density at radius 3 is 2.65 bits per heavy atom. The van der Waals surface area contributed by atoms with E-state index in [1.54, 1.807) is 6.07 Å². The maximum Gasteiger partial charge on any atom is 0.338 e. The van der Waals surface area contributed by atoms with Crippen molar-refractivity contribution in [2.24, 2.45) is 0 Å². The summed E-state index contributed by atoms with van der Waals surface area (Å²) in [6.45, 7) is 1.94. The number of benzene rings is 2. The van der Waals surface area contributed by atoms with E-state index in [1.165, 1.54) is 25.3 Å². The monoisotopic (exact) mass is 379 g/mol. The third kappa shape index (κ3) is 4.07. The molecule has 0 spiro atoms. The molecular weight excluding hydrogens is 366 g/mol. The molecule has 0 saturated carbocycles. The van der Waals surface area contributed by atoms with Crippen molar-refractivity contribution < 1.29 is 19.2 Å². The van der Waals surface area contributed by atoms with Gasteiger partial charge in [0.15, 0.2) is 0 Å². The van der Waals surface area contributed by atoms with Crippen molar-refractivity contribution in [3.8, 4) is 5.75 Å². The molecule has 0 radical (unpaired) electrons. The van der Waals surface area contributed by atoms with E-state index in [4.69, 9.17) is 9.47 Å². The number of carbonyl (C=O) groups excluding carboxylic acids is 1. The molecule has 0 N–H and O–H groups in total. The standard InChI is InChI=1S/C16H14BrNO5/c1-10-3-6-15(22-2)12(7-10)9-23-16(19)11-4-5-13(17)14(8-11)18(20)21/h3-8H,9H2,1-2H3. The first kappa shape index (κ1) is 17.0. The predicted octanol–water partition coefficient (Wildman–Crippen LogP) is 4.03. The summed E-state index contributed by atoms with van der Waals surface area (Å²) in [6, 6.07) is 9.64. The Labute approximate surface area is 141 Å². The molecule has 7 heteroatoms. The Bertz CT molecular complexity index is 760. The minimum atomic E-state index is -0.635. The van der Waals surface area contributed by atoms with E-state index >= 15 is 0 Å². The maximum absolute atomic E-state index is 12.1. The van der Waals surface area contributed by atoms with Crippen LogP contribution in [0.5, 0.6) is 5.75 Å². The first-order valence-corrected chi connectivity index (χ1v) is 7.46. The van der Waals surface area contributed by atoms with Crippen LogP contribution in [0.15, 0.2) is 40.9 Å². The van der Waals surface area contributed by atoms with Gasteiger partial charge in [-0.1, -0.05) is 11.6 Å². The average Bonchev–Trinajstić information content (AvgIpc) is 2.52. The Morgan fingerprint density at radius 1 is 1.26 bits per heavy atom. The Kier molecular flexibility index (Phi) is 5.33. The summed E-state index contributed by atoms with van der Waals surface area (Å²) in [5, 5.41) is 10.9. The SMILES string of the molecule is COc1ccc(C)cc1COC(=O)c1ccc(Br)c([N+](=O)[O-])c1. The first-order valence-electron chi connectivity index (χ1n) is 6.67. The molecule has 23 heavy (non-hydrogen) atoms. The van der Waals surface area contributed by atoms with Gasteiger partial charge in [0, 0.05) is 11.6 Å². The molecule has 0 aromatic heterocycles. The van der Waals surface area contributed by atoms with E-state index in [1.807, 2.05) is 19.1 Å². The lowest BCUT2D eigenvalue weighted by Gasteiger charge is -2.10. The molecule has 2 aromatic carbocycles. The van der Waals surface area contributed by atoms with E-state index in [0.717, 1.165) is 11.1 Å². The minimum Gasteiger partial charge on any atom is -0.496 e. The first-order chi connectivity index (χ1) is 10.9. The fourth-order valence-corrected chi connectivity index (χ4v) is 2.42. The molecular formula is C16H14BrNO5. The van der Waals surface area contributed by atoms with Gasteiger partial charge in [0.2, 0.25) is 0 Å². The summed E-state index contributed by atoms with van der Waals surface area (Å²) in [7, 11) is 1.54. The van der Waals surface area contributed by atoms with Gasteiger partial charge in [-0.05, 0) is 47.1 Å². The third-order valence-electron chi connectivity index (χ3n) is 3.17. The van der Waals surface area contributed by atoms with Crippen molar-refractivity contribution in [1.29, 1.82) is 0 Å². The molecule has 0 aliphatic heterocycles.